The fourth-order valence-electron chi connectivity index (χ4n) is 4.24. The summed E-state index contributed by atoms with van der Waals surface area (Å²) in [7, 11) is 0. The van der Waals surface area contributed by atoms with Crippen LogP contribution >= 0.6 is 11.6 Å². The average molecular weight is 505 g/mol. The first-order valence-electron chi connectivity index (χ1n) is 11.7. The van der Waals surface area contributed by atoms with Gasteiger partial charge in [-0.25, -0.2) is 0 Å². The van der Waals surface area contributed by atoms with Crippen molar-refractivity contribution in [1.82, 2.24) is 9.88 Å². The van der Waals surface area contributed by atoms with Crippen LogP contribution in [0.5, 0.6) is 5.75 Å². The average Bonchev–Trinajstić information content (AvgIpc) is 2.86. The molecule has 0 radical (unpaired) electrons. The minimum Gasteiger partial charge on any atom is -0.492 e. The van der Waals surface area contributed by atoms with Crippen LogP contribution in [0.25, 0.3) is 0 Å². The molecule has 4 rings (SSSR count). The number of ether oxygens (including phenoxy) is 2. The molecule has 0 amide bonds. The lowest BCUT2D eigenvalue weighted by Crippen LogP contribution is -2.37. The molecule has 1 aromatic heterocycles. The molecule has 0 bridgehead atoms. The van der Waals surface area contributed by atoms with Crippen molar-refractivity contribution < 1.29 is 22.6 Å². The second kappa shape index (κ2) is 11.9. The van der Waals surface area contributed by atoms with Gasteiger partial charge >= 0.3 is 6.18 Å². The Morgan fingerprint density at radius 1 is 0.971 bits per heavy atom. The van der Waals surface area contributed by atoms with Crippen LogP contribution < -0.4 is 4.74 Å². The van der Waals surface area contributed by atoms with E-state index in [-0.39, 0.29) is 18.5 Å². The van der Waals surface area contributed by atoms with Gasteiger partial charge in [-0.1, -0.05) is 41.9 Å². The topological polar surface area (TPSA) is 34.6 Å². The summed E-state index contributed by atoms with van der Waals surface area (Å²) in [4.78, 5) is 6.71. The van der Waals surface area contributed by atoms with Crippen LogP contribution in [0.2, 0.25) is 5.02 Å². The first-order valence-corrected chi connectivity index (χ1v) is 12.1. The summed E-state index contributed by atoms with van der Waals surface area (Å²) in [6.07, 6.45) is -1.03. The Kier molecular flexibility index (Phi) is 8.65. The van der Waals surface area contributed by atoms with Crippen molar-refractivity contribution in [2.45, 2.75) is 25.1 Å². The molecule has 0 spiro atoms. The lowest BCUT2D eigenvalue weighted by molar-refractivity contribution is -0.139. The van der Waals surface area contributed by atoms with Gasteiger partial charge in [-0.2, -0.15) is 13.2 Å². The number of likely N-dealkylation sites (tertiary alicyclic amines) is 1. The zero-order valence-electron chi connectivity index (χ0n) is 19.3. The predicted molar refractivity (Wildman–Crippen MR) is 130 cm³/mol. The Labute approximate surface area is 208 Å². The van der Waals surface area contributed by atoms with Crippen molar-refractivity contribution in [2.75, 3.05) is 32.8 Å². The maximum absolute atomic E-state index is 13.1. The van der Waals surface area contributed by atoms with Gasteiger partial charge in [0, 0.05) is 17.8 Å². The zero-order chi connectivity index (χ0) is 24.7. The molecule has 1 aliphatic rings. The third kappa shape index (κ3) is 7.19. The molecule has 1 saturated heterocycles. The highest BCUT2D eigenvalue weighted by atomic mass is 35.5. The summed E-state index contributed by atoms with van der Waals surface area (Å²) in [6.45, 7) is 3.11. The maximum Gasteiger partial charge on any atom is 0.419 e. The summed E-state index contributed by atoms with van der Waals surface area (Å²) in [5, 5.41) is 0.673. The van der Waals surface area contributed by atoms with E-state index >= 15 is 0 Å². The van der Waals surface area contributed by atoms with Gasteiger partial charge in [0.2, 0.25) is 0 Å². The molecule has 35 heavy (non-hydrogen) atoms. The van der Waals surface area contributed by atoms with Crippen molar-refractivity contribution in [3.05, 3.63) is 94.8 Å². The number of halogens is 4. The molecular weight excluding hydrogens is 477 g/mol. The van der Waals surface area contributed by atoms with Gasteiger partial charge in [-0.3, -0.25) is 9.88 Å². The second-order valence-corrected chi connectivity index (χ2v) is 9.08. The van der Waals surface area contributed by atoms with Gasteiger partial charge in [0.15, 0.2) is 0 Å². The Morgan fingerprint density at radius 2 is 1.69 bits per heavy atom. The summed E-state index contributed by atoms with van der Waals surface area (Å²) >= 11 is 6.05. The number of benzene rings is 2. The molecule has 0 unspecified atom stereocenters. The number of piperidine rings is 1. The molecule has 4 nitrogen and oxygen atoms in total. The zero-order valence-corrected chi connectivity index (χ0v) is 20.0. The van der Waals surface area contributed by atoms with E-state index in [9.17, 15) is 13.2 Å². The van der Waals surface area contributed by atoms with Crippen molar-refractivity contribution in [3.8, 4) is 5.75 Å². The van der Waals surface area contributed by atoms with Gasteiger partial charge in [-0.05, 0) is 73.8 Å². The fraction of sp³-hybridized carbons (Fsp3) is 0.370. The lowest BCUT2D eigenvalue weighted by Gasteiger charge is -2.32. The Hall–Kier alpha value is -2.61. The summed E-state index contributed by atoms with van der Waals surface area (Å²) in [5.74, 6) is 0.280. The predicted octanol–water partition coefficient (Wildman–Crippen LogP) is 6.65. The number of hydrogen-bond donors (Lipinski definition) is 0. The number of hydrogen-bond acceptors (Lipinski definition) is 4. The minimum absolute atomic E-state index is 0.119. The highest BCUT2D eigenvalue weighted by Gasteiger charge is 2.34. The Morgan fingerprint density at radius 3 is 2.37 bits per heavy atom. The fourth-order valence-corrected chi connectivity index (χ4v) is 4.37. The van der Waals surface area contributed by atoms with Crippen molar-refractivity contribution in [2.24, 2.45) is 5.92 Å². The molecule has 1 aliphatic heterocycles. The van der Waals surface area contributed by atoms with E-state index in [1.165, 1.54) is 12.1 Å². The van der Waals surface area contributed by atoms with Crippen molar-refractivity contribution >= 4 is 11.6 Å². The van der Waals surface area contributed by atoms with Gasteiger partial charge < -0.3 is 9.47 Å². The van der Waals surface area contributed by atoms with E-state index in [0.717, 1.165) is 43.3 Å². The third-order valence-corrected chi connectivity index (χ3v) is 6.44. The molecule has 0 N–H and O–H groups in total. The van der Waals surface area contributed by atoms with Crippen LogP contribution in [0.1, 0.15) is 35.8 Å². The van der Waals surface area contributed by atoms with Gasteiger partial charge in [-0.15, -0.1) is 0 Å². The van der Waals surface area contributed by atoms with Crippen LogP contribution in [0.15, 0.2) is 72.9 Å². The van der Waals surface area contributed by atoms with E-state index in [4.69, 9.17) is 21.1 Å². The molecule has 2 aromatic carbocycles. The monoisotopic (exact) mass is 504 g/mol. The molecular formula is C27H28ClF3N2O2. The molecule has 186 valence electrons. The Balaban J connectivity index is 1.25. The number of para-hydroxylation sites is 1. The van der Waals surface area contributed by atoms with Crippen LogP contribution in [0.4, 0.5) is 13.2 Å². The molecule has 0 aliphatic carbocycles. The maximum atomic E-state index is 13.1. The van der Waals surface area contributed by atoms with Crippen LogP contribution in [0.3, 0.4) is 0 Å². The van der Waals surface area contributed by atoms with Gasteiger partial charge in [0.1, 0.15) is 18.5 Å². The van der Waals surface area contributed by atoms with Crippen LogP contribution in [-0.4, -0.2) is 42.7 Å². The van der Waals surface area contributed by atoms with E-state index in [0.29, 0.717) is 24.1 Å². The summed E-state index contributed by atoms with van der Waals surface area (Å²) < 4.78 is 51.2. The van der Waals surface area contributed by atoms with E-state index in [1.54, 1.807) is 12.3 Å². The van der Waals surface area contributed by atoms with Crippen molar-refractivity contribution in [3.63, 3.8) is 0 Å². The molecule has 2 heterocycles. The van der Waals surface area contributed by atoms with E-state index in [2.05, 4.69) is 9.88 Å². The molecule has 1 fully saturated rings. The minimum atomic E-state index is -4.42. The van der Waals surface area contributed by atoms with E-state index < -0.39 is 11.7 Å². The Bertz CT molecular complexity index is 1060. The molecule has 3 aromatic rings. The van der Waals surface area contributed by atoms with Crippen LogP contribution in [0, 0.1) is 5.92 Å². The quantitative estimate of drug-likeness (QED) is 0.327. The number of aromatic nitrogens is 1. The first-order chi connectivity index (χ1) is 16.9. The summed E-state index contributed by atoms with van der Waals surface area (Å²) in [5.41, 5.74) is 1.12. The van der Waals surface area contributed by atoms with E-state index in [1.807, 2.05) is 42.5 Å². The normalized spacial score (nSPS) is 16.2. The molecule has 8 heteroatoms. The second-order valence-electron chi connectivity index (χ2n) is 8.65. The summed E-state index contributed by atoms with van der Waals surface area (Å²) in [6, 6.07) is 18.7. The van der Waals surface area contributed by atoms with Crippen LogP contribution in [-0.2, 0) is 10.9 Å². The van der Waals surface area contributed by atoms with Gasteiger partial charge in [0.05, 0.1) is 17.9 Å². The number of pyridine rings is 1. The standard InChI is InChI=1S/C27H28ClF3N2O2/c28-22-10-8-21(9-11-22)26(24-6-3-4-14-32-24)35-19-20-12-15-33(16-13-20)17-18-34-25-7-2-1-5-23(25)27(29,30)31/h1-11,14,20,26H,12-13,15-19H2/t26-/m0/s1. The third-order valence-electron chi connectivity index (χ3n) is 6.19. The lowest BCUT2D eigenvalue weighted by atomic mass is 9.97. The van der Waals surface area contributed by atoms with Gasteiger partial charge in [0.25, 0.3) is 0 Å². The number of rotatable bonds is 9. The number of alkyl halides is 3. The molecule has 1 atom stereocenters. The SMILES string of the molecule is FC(F)(F)c1ccccc1OCCN1CCC(CO[C@@H](c2ccc(Cl)cc2)c2ccccn2)CC1. The number of nitrogens with zero attached hydrogens (tertiary/aromatic N) is 2. The largest absolute Gasteiger partial charge is 0.492 e. The highest BCUT2D eigenvalue weighted by molar-refractivity contribution is 6.30. The highest BCUT2D eigenvalue weighted by Crippen LogP contribution is 2.36. The first kappa shape index (κ1) is 25.5. The van der Waals surface area contributed by atoms with Crippen molar-refractivity contribution in [1.29, 1.82) is 0 Å². The smallest absolute Gasteiger partial charge is 0.419 e. The molecule has 0 saturated carbocycles.